The number of rotatable bonds is 2. The van der Waals surface area contributed by atoms with E-state index in [4.69, 9.17) is 11.6 Å². The summed E-state index contributed by atoms with van der Waals surface area (Å²) >= 11 is 6.16. The minimum atomic E-state index is -0.988. The Morgan fingerprint density at radius 1 is 1.14 bits per heavy atom. The Morgan fingerprint density at radius 3 is 2.77 bits per heavy atom. The van der Waals surface area contributed by atoms with Gasteiger partial charge >= 0.3 is 0 Å². The highest BCUT2D eigenvalue weighted by atomic mass is 35.5. The van der Waals surface area contributed by atoms with Crippen molar-refractivity contribution in [3.8, 4) is 0 Å². The first-order chi connectivity index (χ1) is 10.7. The number of halogens is 1. The summed E-state index contributed by atoms with van der Waals surface area (Å²) in [6, 6.07) is 15.1. The lowest BCUT2D eigenvalue weighted by molar-refractivity contribution is -0.120. The lowest BCUT2D eigenvalue weighted by Gasteiger charge is -2.29. The van der Waals surface area contributed by atoms with Crippen molar-refractivity contribution in [1.29, 1.82) is 0 Å². The lowest BCUT2D eigenvalue weighted by Crippen LogP contribution is -2.42. The van der Waals surface area contributed by atoms with E-state index in [9.17, 15) is 4.79 Å². The van der Waals surface area contributed by atoms with Crippen molar-refractivity contribution in [2.45, 2.75) is 5.54 Å². The summed E-state index contributed by atoms with van der Waals surface area (Å²) in [6.07, 6.45) is 5.12. The van der Waals surface area contributed by atoms with Gasteiger partial charge in [0.05, 0.1) is 6.33 Å². The quantitative estimate of drug-likeness (QED) is 0.789. The van der Waals surface area contributed by atoms with Crippen LogP contribution in [0.15, 0.2) is 67.3 Å². The Morgan fingerprint density at radius 2 is 2.00 bits per heavy atom. The van der Waals surface area contributed by atoms with Crippen LogP contribution in [0.4, 0.5) is 5.69 Å². The summed E-state index contributed by atoms with van der Waals surface area (Å²) in [4.78, 5) is 17.1. The third kappa shape index (κ3) is 1.64. The van der Waals surface area contributed by atoms with Crippen LogP contribution in [0.1, 0.15) is 11.1 Å². The molecule has 22 heavy (non-hydrogen) atoms. The summed E-state index contributed by atoms with van der Waals surface area (Å²) in [5.74, 6) is -0.117. The molecule has 5 heteroatoms. The molecule has 3 aromatic rings. The van der Waals surface area contributed by atoms with Crippen LogP contribution < -0.4 is 5.32 Å². The molecule has 1 aliphatic rings. The van der Waals surface area contributed by atoms with Gasteiger partial charge < -0.3 is 9.88 Å². The van der Waals surface area contributed by atoms with Gasteiger partial charge in [-0.05, 0) is 23.8 Å². The number of carbonyl (C=O) groups excluding carboxylic acids is 1. The Kier molecular flexibility index (Phi) is 2.81. The fraction of sp³-hybridized carbons (Fsp3) is 0.0588. The molecule has 1 unspecified atom stereocenters. The molecule has 0 radical (unpaired) electrons. The van der Waals surface area contributed by atoms with Crippen LogP contribution in [0.25, 0.3) is 0 Å². The van der Waals surface area contributed by atoms with Crippen molar-refractivity contribution < 1.29 is 4.79 Å². The van der Waals surface area contributed by atoms with E-state index in [0.717, 1.165) is 16.8 Å². The van der Waals surface area contributed by atoms with E-state index in [1.165, 1.54) is 0 Å². The number of anilines is 1. The molecule has 1 N–H and O–H groups in total. The first kappa shape index (κ1) is 13.1. The molecule has 1 atom stereocenters. The second-order valence-corrected chi connectivity index (χ2v) is 5.63. The molecule has 108 valence electrons. The lowest BCUT2D eigenvalue weighted by atomic mass is 9.83. The standard InChI is InChI=1S/C17H12ClN3O/c18-13-5-3-4-12(10-13)17(21-9-8-19-11-21)14-6-1-2-7-15(14)20-16(17)22/h1-11H,(H,20,22). The second kappa shape index (κ2) is 4.71. The Balaban J connectivity index is 2.09. The first-order valence-corrected chi connectivity index (χ1v) is 7.26. The molecule has 2 heterocycles. The maximum atomic E-state index is 13.0. The molecule has 4 rings (SSSR count). The topological polar surface area (TPSA) is 46.9 Å². The molecule has 0 fully saturated rings. The second-order valence-electron chi connectivity index (χ2n) is 5.19. The number of aromatic nitrogens is 2. The van der Waals surface area contributed by atoms with Crippen LogP contribution in [-0.4, -0.2) is 15.5 Å². The fourth-order valence-electron chi connectivity index (χ4n) is 3.11. The predicted molar refractivity (Wildman–Crippen MR) is 84.9 cm³/mol. The predicted octanol–water partition coefficient (Wildman–Crippen LogP) is 3.28. The van der Waals surface area contributed by atoms with Crippen LogP contribution in [0.2, 0.25) is 5.02 Å². The van der Waals surface area contributed by atoms with Gasteiger partial charge in [-0.1, -0.05) is 41.9 Å². The summed E-state index contributed by atoms with van der Waals surface area (Å²) in [5, 5.41) is 3.56. The van der Waals surface area contributed by atoms with Crippen molar-refractivity contribution >= 4 is 23.2 Å². The third-order valence-electron chi connectivity index (χ3n) is 4.03. The number of amides is 1. The summed E-state index contributed by atoms with van der Waals surface area (Å²) < 4.78 is 1.82. The SMILES string of the molecule is O=C1Nc2ccccc2C1(c1cccc(Cl)c1)n1ccnc1. The minimum absolute atomic E-state index is 0.117. The van der Waals surface area contributed by atoms with E-state index in [0.29, 0.717) is 5.02 Å². The number of fused-ring (bicyclic) bond motifs is 1. The zero-order valence-electron chi connectivity index (χ0n) is 11.5. The maximum absolute atomic E-state index is 13.0. The van der Waals surface area contributed by atoms with Crippen molar-refractivity contribution in [3.63, 3.8) is 0 Å². The van der Waals surface area contributed by atoms with Gasteiger partial charge in [0.1, 0.15) is 0 Å². The number of carbonyl (C=O) groups is 1. The molecule has 0 saturated heterocycles. The van der Waals surface area contributed by atoms with Crippen LogP contribution in [0, 0.1) is 0 Å². The Hall–Kier alpha value is -2.59. The highest BCUT2D eigenvalue weighted by Gasteiger charge is 2.49. The molecule has 1 amide bonds. The molecule has 1 aliphatic heterocycles. The van der Waals surface area contributed by atoms with Gasteiger partial charge in [0.2, 0.25) is 0 Å². The number of hydrogen-bond donors (Lipinski definition) is 1. The van der Waals surface area contributed by atoms with E-state index in [-0.39, 0.29) is 5.91 Å². The minimum Gasteiger partial charge on any atom is -0.323 e. The molecule has 4 nitrogen and oxygen atoms in total. The highest BCUT2D eigenvalue weighted by molar-refractivity contribution is 6.30. The van der Waals surface area contributed by atoms with E-state index < -0.39 is 5.54 Å². The van der Waals surface area contributed by atoms with E-state index in [1.54, 1.807) is 24.8 Å². The van der Waals surface area contributed by atoms with Gasteiger partial charge in [0.25, 0.3) is 5.91 Å². The number of nitrogens with zero attached hydrogens (tertiary/aromatic N) is 2. The molecule has 0 bridgehead atoms. The van der Waals surface area contributed by atoms with Crippen molar-refractivity contribution in [3.05, 3.63) is 83.4 Å². The van der Waals surface area contributed by atoms with Gasteiger partial charge in [-0.2, -0.15) is 0 Å². The average Bonchev–Trinajstić information content (AvgIpc) is 3.13. The van der Waals surface area contributed by atoms with E-state index in [2.05, 4.69) is 10.3 Å². The normalized spacial score (nSPS) is 19.8. The van der Waals surface area contributed by atoms with Crippen LogP contribution in [0.5, 0.6) is 0 Å². The smallest absolute Gasteiger partial charge is 0.260 e. The summed E-state index contributed by atoms with van der Waals surface area (Å²) in [5.41, 5.74) is 1.51. The number of para-hydroxylation sites is 1. The Labute approximate surface area is 132 Å². The number of nitrogens with one attached hydrogen (secondary N) is 1. The van der Waals surface area contributed by atoms with Gasteiger partial charge in [-0.3, -0.25) is 4.79 Å². The van der Waals surface area contributed by atoms with Gasteiger partial charge in [0, 0.05) is 28.7 Å². The van der Waals surface area contributed by atoms with Gasteiger partial charge in [0.15, 0.2) is 5.54 Å². The molecule has 0 aliphatic carbocycles. The van der Waals surface area contributed by atoms with Gasteiger partial charge in [-0.25, -0.2) is 4.98 Å². The molecule has 2 aromatic carbocycles. The molecule has 0 saturated carbocycles. The molecule has 1 aromatic heterocycles. The molecular weight excluding hydrogens is 298 g/mol. The van der Waals surface area contributed by atoms with E-state index >= 15 is 0 Å². The summed E-state index contributed by atoms with van der Waals surface area (Å²) in [7, 11) is 0. The average molecular weight is 310 g/mol. The van der Waals surface area contributed by atoms with Crippen LogP contribution >= 0.6 is 11.6 Å². The van der Waals surface area contributed by atoms with Crippen molar-refractivity contribution in [2.24, 2.45) is 0 Å². The first-order valence-electron chi connectivity index (χ1n) is 6.88. The summed E-state index contributed by atoms with van der Waals surface area (Å²) in [6.45, 7) is 0. The van der Waals surface area contributed by atoms with E-state index in [1.807, 2.05) is 47.0 Å². The fourth-order valence-corrected chi connectivity index (χ4v) is 3.30. The number of imidazole rings is 1. The number of hydrogen-bond acceptors (Lipinski definition) is 2. The molecular formula is C17H12ClN3O. The van der Waals surface area contributed by atoms with Crippen molar-refractivity contribution in [2.75, 3.05) is 5.32 Å². The zero-order chi connectivity index (χ0) is 15.2. The zero-order valence-corrected chi connectivity index (χ0v) is 12.3. The third-order valence-corrected chi connectivity index (χ3v) is 4.26. The van der Waals surface area contributed by atoms with Crippen LogP contribution in [-0.2, 0) is 10.3 Å². The Bertz CT molecular complexity index is 860. The monoisotopic (exact) mass is 309 g/mol. The van der Waals surface area contributed by atoms with Crippen molar-refractivity contribution in [1.82, 2.24) is 9.55 Å². The maximum Gasteiger partial charge on any atom is 0.260 e. The molecule has 0 spiro atoms. The largest absolute Gasteiger partial charge is 0.323 e. The number of benzene rings is 2. The highest BCUT2D eigenvalue weighted by Crippen LogP contribution is 2.44. The van der Waals surface area contributed by atoms with Crippen LogP contribution in [0.3, 0.4) is 0 Å². The van der Waals surface area contributed by atoms with Gasteiger partial charge in [-0.15, -0.1) is 0 Å².